The average Bonchev–Trinajstić information content (AvgIpc) is 2.16. The van der Waals surface area contributed by atoms with Crippen LogP contribution in [0.4, 0.5) is 0 Å². The smallest absolute Gasteiger partial charge is 0.0758 e. The Morgan fingerprint density at radius 3 is 2.64 bits per heavy atom. The molecule has 0 saturated carbocycles. The number of nitrogens with zero attached hydrogens (tertiary/aromatic N) is 1. The molecule has 0 aliphatic rings. The topological polar surface area (TPSA) is 12.9 Å². The summed E-state index contributed by atoms with van der Waals surface area (Å²) in [6, 6.07) is 4.00. The van der Waals surface area contributed by atoms with Gasteiger partial charge in [0.2, 0.25) is 0 Å². The summed E-state index contributed by atoms with van der Waals surface area (Å²) in [5.41, 5.74) is 2.06. The summed E-state index contributed by atoms with van der Waals surface area (Å²) < 4.78 is 1.79. The van der Waals surface area contributed by atoms with Crippen LogP contribution in [0.15, 0.2) is 27.3 Å². The molecule has 0 aliphatic heterocycles. The molecule has 0 atom stereocenters. The van der Waals surface area contributed by atoms with Gasteiger partial charge in [-0.15, -0.1) is 0 Å². The van der Waals surface area contributed by atoms with Crippen molar-refractivity contribution in [3.63, 3.8) is 0 Å². The molecule has 1 nitrogen and oxygen atoms in total. The first-order chi connectivity index (χ1) is 6.61. The van der Waals surface area contributed by atoms with Gasteiger partial charge >= 0.3 is 0 Å². The van der Waals surface area contributed by atoms with Crippen LogP contribution in [0.2, 0.25) is 5.02 Å². The maximum absolute atomic E-state index is 6.19. The van der Waals surface area contributed by atoms with Crippen molar-refractivity contribution in [3.8, 4) is 0 Å². The zero-order valence-electron chi connectivity index (χ0n) is 7.31. The molecule has 0 spiro atoms. The van der Waals surface area contributed by atoms with Crippen molar-refractivity contribution >= 4 is 54.4 Å². The molecule has 0 radical (unpaired) electrons. The van der Waals surface area contributed by atoms with Gasteiger partial charge in [0.05, 0.1) is 15.0 Å². The van der Waals surface area contributed by atoms with Gasteiger partial charge in [0.25, 0.3) is 0 Å². The Labute approximate surface area is 104 Å². The van der Waals surface area contributed by atoms with E-state index in [2.05, 4.69) is 36.8 Å². The van der Waals surface area contributed by atoms with Gasteiger partial charge in [-0.05, 0) is 34.5 Å². The third-order valence-electron chi connectivity index (χ3n) is 2.06. The predicted octanol–water partition coefficient (Wildman–Crippen LogP) is 4.72. The number of benzene rings is 1. The molecule has 0 fully saturated rings. The van der Waals surface area contributed by atoms with E-state index in [0.29, 0.717) is 5.02 Å². The van der Waals surface area contributed by atoms with Crippen molar-refractivity contribution < 1.29 is 0 Å². The molecular weight excluding hydrogens is 329 g/mol. The second-order valence-corrected chi connectivity index (χ2v) is 5.09. The van der Waals surface area contributed by atoms with E-state index >= 15 is 0 Å². The number of aryl methyl sites for hydroxylation is 1. The van der Waals surface area contributed by atoms with Crippen molar-refractivity contribution in [1.29, 1.82) is 0 Å². The minimum atomic E-state index is 0.700. The van der Waals surface area contributed by atoms with Crippen LogP contribution >= 0.6 is 43.5 Å². The molecule has 0 unspecified atom stereocenters. The van der Waals surface area contributed by atoms with E-state index in [1.807, 2.05) is 19.1 Å². The molecule has 4 heteroatoms. The molecule has 1 aromatic heterocycles. The van der Waals surface area contributed by atoms with E-state index in [1.54, 1.807) is 6.20 Å². The number of aromatic nitrogens is 1. The van der Waals surface area contributed by atoms with Crippen LogP contribution < -0.4 is 0 Å². The molecule has 2 aromatic rings. The van der Waals surface area contributed by atoms with Crippen LogP contribution in [0.3, 0.4) is 0 Å². The molecule has 1 aromatic carbocycles. The molecule has 72 valence electrons. The number of fused-ring (bicyclic) bond motifs is 1. The lowest BCUT2D eigenvalue weighted by atomic mass is 10.1. The largest absolute Gasteiger partial charge is 0.255 e. The molecule has 0 saturated heterocycles. The highest BCUT2D eigenvalue weighted by Crippen LogP contribution is 2.35. The summed E-state index contributed by atoms with van der Waals surface area (Å²) in [6.07, 6.45) is 1.73. The standard InChI is InChI=1S/C10H6Br2ClN/c1-5-2-3-6(11)8-9(13)7(12)4-14-10(5)8/h2-4H,1H3. The van der Waals surface area contributed by atoms with Crippen molar-refractivity contribution in [2.75, 3.05) is 0 Å². The third kappa shape index (κ3) is 1.58. The lowest BCUT2D eigenvalue weighted by molar-refractivity contribution is 1.35. The van der Waals surface area contributed by atoms with Crippen LogP contribution in [0.25, 0.3) is 10.9 Å². The molecule has 0 amide bonds. The maximum atomic E-state index is 6.19. The van der Waals surface area contributed by atoms with Gasteiger partial charge in [0.15, 0.2) is 0 Å². The monoisotopic (exact) mass is 333 g/mol. The summed E-state index contributed by atoms with van der Waals surface area (Å²) >= 11 is 13.0. The van der Waals surface area contributed by atoms with Crippen LogP contribution in [-0.2, 0) is 0 Å². The Kier molecular flexibility index (Phi) is 2.82. The van der Waals surface area contributed by atoms with Gasteiger partial charge in [-0.2, -0.15) is 0 Å². The number of rotatable bonds is 0. The predicted molar refractivity (Wildman–Crippen MR) is 66.9 cm³/mol. The van der Waals surface area contributed by atoms with Gasteiger partial charge in [0.1, 0.15) is 0 Å². The van der Waals surface area contributed by atoms with E-state index in [-0.39, 0.29) is 0 Å². The van der Waals surface area contributed by atoms with Crippen LogP contribution in [-0.4, -0.2) is 4.98 Å². The fourth-order valence-electron chi connectivity index (χ4n) is 1.34. The van der Waals surface area contributed by atoms with Crippen molar-refractivity contribution in [3.05, 3.63) is 37.9 Å². The Bertz CT molecular complexity index is 511. The average molecular weight is 335 g/mol. The Hall–Kier alpha value is -0.120. The summed E-state index contributed by atoms with van der Waals surface area (Å²) in [5, 5.41) is 1.66. The van der Waals surface area contributed by atoms with Gasteiger partial charge in [-0.1, -0.05) is 33.6 Å². The summed E-state index contributed by atoms with van der Waals surface area (Å²) in [7, 11) is 0. The van der Waals surface area contributed by atoms with Crippen LogP contribution in [0.1, 0.15) is 5.56 Å². The third-order valence-corrected chi connectivity index (χ3v) is 3.95. The summed E-state index contributed by atoms with van der Waals surface area (Å²) in [6.45, 7) is 2.02. The fraction of sp³-hybridized carbons (Fsp3) is 0.100. The lowest BCUT2D eigenvalue weighted by Gasteiger charge is -2.06. The Morgan fingerprint density at radius 1 is 1.21 bits per heavy atom. The number of hydrogen-bond donors (Lipinski definition) is 0. The summed E-state index contributed by atoms with van der Waals surface area (Å²) in [5.74, 6) is 0. The molecule has 1 heterocycles. The fourth-order valence-corrected chi connectivity index (χ4v) is 2.52. The molecule has 0 N–H and O–H groups in total. The van der Waals surface area contributed by atoms with E-state index in [9.17, 15) is 0 Å². The van der Waals surface area contributed by atoms with E-state index in [4.69, 9.17) is 11.6 Å². The maximum Gasteiger partial charge on any atom is 0.0758 e. The highest BCUT2D eigenvalue weighted by atomic mass is 79.9. The zero-order chi connectivity index (χ0) is 10.3. The van der Waals surface area contributed by atoms with Crippen molar-refractivity contribution in [2.24, 2.45) is 0 Å². The number of hydrogen-bond acceptors (Lipinski definition) is 1. The van der Waals surface area contributed by atoms with Gasteiger partial charge in [-0.25, -0.2) is 0 Å². The molecule has 0 aliphatic carbocycles. The first-order valence-electron chi connectivity index (χ1n) is 4.00. The van der Waals surface area contributed by atoms with Crippen molar-refractivity contribution in [2.45, 2.75) is 6.92 Å². The SMILES string of the molecule is Cc1ccc(Br)c2c(Cl)c(Br)cnc12. The quantitative estimate of drug-likeness (QED) is 0.679. The second-order valence-electron chi connectivity index (χ2n) is 3.01. The number of halogens is 3. The highest BCUT2D eigenvalue weighted by molar-refractivity contribution is 9.11. The Morgan fingerprint density at radius 2 is 1.93 bits per heavy atom. The van der Waals surface area contributed by atoms with E-state index in [0.717, 1.165) is 25.4 Å². The van der Waals surface area contributed by atoms with Crippen LogP contribution in [0, 0.1) is 6.92 Å². The van der Waals surface area contributed by atoms with Gasteiger partial charge in [0, 0.05) is 16.1 Å². The molecular formula is C10H6Br2ClN. The van der Waals surface area contributed by atoms with E-state index in [1.165, 1.54) is 0 Å². The summed E-state index contributed by atoms with van der Waals surface area (Å²) in [4.78, 5) is 4.34. The van der Waals surface area contributed by atoms with E-state index < -0.39 is 0 Å². The minimum absolute atomic E-state index is 0.700. The van der Waals surface area contributed by atoms with Gasteiger partial charge in [-0.3, -0.25) is 4.98 Å². The molecule has 14 heavy (non-hydrogen) atoms. The van der Waals surface area contributed by atoms with Gasteiger partial charge < -0.3 is 0 Å². The molecule has 2 rings (SSSR count). The first-order valence-corrected chi connectivity index (χ1v) is 5.96. The number of pyridine rings is 1. The van der Waals surface area contributed by atoms with Crippen LogP contribution in [0.5, 0.6) is 0 Å². The Balaban J connectivity index is 3.01. The first kappa shape index (κ1) is 10.4. The lowest BCUT2D eigenvalue weighted by Crippen LogP contribution is -1.86. The molecule has 0 bridgehead atoms. The van der Waals surface area contributed by atoms with Crippen molar-refractivity contribution in [1.82, 2.24) is 4.98 Å². The second kappa shape index (κ2) is 3.80. The highest BCUT2D eigenvalue weighted by Gasteiger charge is 2.09. The minimum Gasteiger partial charge on any atom is -0.255 e. The normalized spacial score (nSPS) is 10.9. The zero-order valence-corrected chi connectivity index (χ0v) is 11.2.